The number of aliphatic imine (C=N–C) groups is 1. The number of ether oxygens (including phenoxy) is 1. The molecule has 0 saturated heterocycles. The largest absolute Gasteiger partial charge is 0.443 e. The van der Waals surface area contributed by atoms with Gasteiger partial charge in [-0.1, -0.05) is 32.0 Å². The Kier molecular flexibility index (Phi) is 5.71. The van der Waals surface area contributed by atoms with Crippen molar-refractivity contribution in [3.8, 4) is 0 Å². The zero-order chi connectivity index (χ0) is 21.3. The minimum atomic E-state index is -0.635. The first kappa shape index (κ1) is 20.9. The second-order valence-corrected chi connectivity index (χ2v) is 8.90. The predicted molar refractivity (Wildman–Crippen MR) is 116 cm³/mol. The molecule has 152 valence electrons. The van der Waals surface area contributed by atoms with Gasteiger partial charge in [-0.3, -0.25) is 14.4 Å². The van der Waals surface area contributed by atoms with Crippen molar-refractivity contribution in [2.45, 2.75) is 40.2 Å². The van der Waals surface area contributed by atoms with E-state index in [0.717, 1.165) is 5.71 Å². The van der Waals surface area contributed by atoms with Gasteiger partial charge < -0.3 is 4.74 Å². The molecule has 0 aliphatic carbocycles. The third-order valence-electron chi connectivity index (χ3n) is 4.30. The van der Waals surface area contributed by atoms with Gasteiger partial charge in [0.15, 0.2) is 5.01 Å². The first-order valence-electron chi connectivity index (χ1n) is 9.43. The molecule has 0 atom stereocenters. The van der Waals surface area contributed by atoms with Crippen molar-refractivity contribution in [2.75, 3.05) is 7.05 Å². The molecule has 7 heteroatoms. The summed E-state index contributed by atoms with van der Waals surface area (Å²) in [4.78, 5) is 34.7. The van der Waals surface area contributed by atoms with Crippen LogP contribution in [0.3, 0.4) is 0 Å². The molecule has 0 fully saturated rings. The normalized spacial score (nSPS) is 12.6. The van der Waals surface area contributed by atoms with Gasteiger partial charge in [-0.05, 0) is 32.8 Å². The number of benzene rings is 1. The van der Waals surface area contributed by atoms with Gasteiger partial charge in [0.1, 0.15) is 5.60 Å². The van der Waals surface area contributed by atoms with Crippen LogP contribution in [-0.4, -0.2) is 39.8 Å². The third kappa shape index (κ3) is 4.29. The van der Waals surface area contributed by atoms with E-state index in [-0.39, 0.29) is 11.7 Å². The van der Waals surface area contributed by atoms with E-state index in [9.17, 15) is 9.59 Å². The number of hydrogen-bond donors (Lipinski definition) is 0. The molecule has 1 aromatic carbocycles. The number of fused-ring (bicyclic) bond motifs is 1. The molecule has 0 spiro atoms. The SMILES string of the molecule is CN=C(c1csc(C(=O)c2cn(C(=O)OC(C)(C)C)c3ccccc23)n1)C(C)C. The van der Waals surface area contributed by atoms with E-state index in [1.165, 1.54) is 15.9 Å². The summed E-state index contributed by atoms with van der Waals surface area (Å²) >= 11 is 1.28. The molecule has 6 nitrogen and oxygen atoms in total. The molecule has 0 amide bonds. The van der Waals surface area contributed by atoms with E-state index in [1.54, 1.807) is 40.1 Å². The molecule has 0 aliphatic heterocycles. The fourth-order valence-electron chi connectivity index (χ4n) is 3.10. The van der Waals surface area contributed by atoms with Crippen LogP contribution in [0.25, 0.3) is 10.9 Å². The summed E-state index contributed by atoms with van der Waals surface area (Å²) in [7, 11) is 1.73. The molecule has 29 heavy (non-hydrogen) atoms. The fourth-order valence-corrected chi connectivity index (χ4v) is 3.87. The lowest BCUT2D eigenvalue weighted by Gasteiger charge is -2.19. The van der Waals surface area contributed by atoms with Gasteiger partial charge in [0, 0.05) is 24.0 Å². The van der Waals surface area contributed by atoms with Crippen molar-refractivity contribution in [1.82, 2.24) is 9.55 Å². The maximum absolute atomic E-state index is 13.2. The van der Waals surface area contributed by atoms with Gasteiger partial charge in [0.25, 0.3) is 0 Å². The molecule has 2 aromatic heterocycles. The molecule has 3 rings (SSSR count). The summed E-state index contributed by atoms with van der Waals surface area (Å²) in [5, 5.41) is 2.91. The van der Waals surface area contributed by atoms with E-state index in [4.69, 9.17) is 4.74 Å². The van der Waals surface area contributed by atoms with Gasteiger partial charge in [-0.2, -0.15) is 0 Å². The van der Waals surface area contributed by atoms with E-state index in [1.807, 2.05) is 37.4 Å². The topological polar surface area (TPSA) is 73.5 Å². The number of ketones is 1. The molecule has 0 unspecified atom stereocenters. The molecule has 0 bridgehead atoms. The highest BCUT2D eigenvalue weighted by Gasteiger charge is 2.25. The van der Waals surface area contributed by atoms with Crippen LogP contribution < -0.4 is 0 Å². The molecule has 0 N–H and O–H groups in total. The van der Waals surface area contributed by atoms with Gasteiger partial charge >= 0.3 is 6.09 Å². The zero-order valence-corrected chi connectivity index (χ0v) is 18.3. The number of carbonyl (C=O) groups excluding carboxylic acids is 2. The average molecular weight is 412 g/mol. The molecular weight excluding hydrogens is 386 g/mol. The highest BCUT2D eigenvalue weighted by molar-refractivity contribution is 7.12. The van der Waals surface area contributed by atoms with Crippen LogP contribution in [0.1, 0.15) is 55.7 Å². The zero-order valence-electron chi connectivity index (χ0n) is 17.5. The van der Waals surface area contributed by atoms with Gasteiger partial charge in [0.2, 0.25) is 5.78 Å². The second-order valence-electron chi connectivity index (χ2n) is 8.04. The van der Waals surface area contributed by atoms with Crippen LogP contribution in [0, 0.1) is 5.92 Å². The van der Waals surface area contributed by atoms with Gasteiger partial charge in [-0.25, -0.2) is 9.78 Å². The van der Waals surface area contributed by atoms with Crippen molar-refractivity contribution in [3.05, 3.63) is 52.1 Å². The summed E-state index contributed by atoms with van der Waals surface area (Å²) in [6, 6.07) is 7.28. The molecule has 2 heterocycles. The number of rotatable bonds is 4. The summed E-state index contributed by atoms with van der Waals surface area (Å²) in [5.41, 5.74) is 1.99. The van der Waals surface area contributed by atoms with Crippen LogP contribution in [-0.2, 0) is 4.74 Å². The van der Waals surface area contributed by atoms with Crippen molar-refractivity contribution in [3.63, 3.8) is 0 Å². The van der Waals surface area contributed by atoms with Crippen LogP contribution in [0.5, 0.6) is 0 Å². The minimum absolute atomic E-state index is 0.208. The Morgan fingerprint density at radius 3 is 2.52 bits per heavy atom. The van der Waals surface area contributed by atoms with E-state index >= 15 is 0 Å². The smallest absolute Gasteiger partial charge is 0.419 e. The van der Waals surface area contributed by atoms with E-state index in [2.05, 4.69) is 9.98 Å². The van der Waals surface area contributed by atoms with Crippen molar-refractivity contribution in [1.29, 1.82) is 0 Å². The standard InChI is InChI=1S/C22H25N3O3S/c1-13(2)18(23-6)16-12-29-20(24-16)19(26)15-11-25(21(27)28-22(3,4)5)17-10-8-7-9-14(15)17/h7-13H,1-6H3. The van der Waals surface area contributed by atoms with Crippen LogP contribution in [0.2, 0.25) is 0 Å². The summed E-state index contributed by atoms with van der Waals surface area (Å²) in [6.45, 7) is 9.50. The predicted octanol–water partition coefficient (Wildman–Crippen LogP) is 5.19. The quantitative estimate of drug-likeness (QED) is 0.438. The molecule has 3 aromatic rings. The van der Waals surface area contributed by atoms with Crippen LogP contribution in [0.15, 0.2) is 40.8 Å². The second kappa shape index (κ2) is 7.91. The molecule has 0 aliphatic rings. The third-order valence-corrected chi connectivity index (χ3v) is 5.14. The molecule has 0 saturated carbocycles. The van der Waals surface area contributed by atoms with Crippen molar-refractivity contribution >= 4 is 39.8 Å². The Morgan fingerprint density at radius 2 is 1.90 bits per heavy atom. The Hall–Kier alpha value is -2.80. The fraction of sp³-hybridized carbons (Fsp3) is 0.364. The molecular formula is C22H25N3O3S. The van der Waals surface area contributed by atoms with Crippen LogP contribution in [0.4, 0.5) is 4.79 Å². The number of hydrogen-bond acceptors (Lipinski definition) is 6. The Morgan fingerprint density at radius 1 is 1.21 bits per heavy atom. The number of carbonyl (C=O) groups is 2. The van der Waals surface area contributed by atoms with Gasteiger partial charge in [-0.15, -0.1) is 11.3 Å². The lowest BCUT2D eigenvalue weighted by atomic mass is 10.1. The maximum Gasteiger partial charge on any atom is 0.419 e. The molecule has 0 radical (unpaired) electrons. The number of nitrogens with zero attached hydrogens (tertiary/aromatic N) is 3. The van der Waals surface area contributed by atoms with Gasteiger partial charge in [0.05, 0.1) is 22.5 Å². The summed E-state index contributed by atoms with van der Waals surface area (Å²) in [5.74, 6) is -0.0156. The van der Waals surface area contributed by atoms with Crippen LogP contribution >= 0.6 is 11.3 Å². The Labute approximate surface area is 174 Å². The summed E-state index contributed by atoms with van der Waals surface area (Å²) in [6.07, 6.45) is 1.02. The number of aromatic nitrogens is 2. The van der Waals surface area contributed by atoms with Crippen molar-refractivity contribution in [2.24, 2.45) is 10.9 Å². The lowest BCUT2D eigenvalue weighted by molar-refractivity contribution is 0.0544. The maximum atomic E-state index is 13.2. The van der Waals surface area contributed by atoms with Crippen molar-refractivity contribution < 1.29 is 14.3 Å². The first-order chi connectivity index (χ1) is 13.6. The Bertz CT molecular complexity index is 1100. The number of thiazole rings is 1. The monoisotopic (exact) mass is 411 g/mol. The minimum Gasteiger partial charge on any atom is -0.443 e. The highest BCUT2D eigenvalue weighted by atomic mass is 32.1. The summed E-state index contributed by atoms with van der Waals surface area (Å²) < 4.78 is 6.88. The van der Waals surface area contributed by atoms with E-state index in [0.29, 0.717) is 27.2 Å². The number of para-hydroxylation sites is 1. The first-order valence-corrected chi connectivity index (χ1v) is 10.3. The highest BCUT2D eigenvalue weighted by Crippen LogP contribution is 2.26. The lowest BCUT2D eigenvalue weighted by Crippen LogP contribution is -2.26. The average Bonchev–Trinajstić information content (AvgIpc) is 3.25. The van der Waals surface area contributed by atoms with E-state index < -0.39 is 11.7 Å². The Balaban J connectivity index is 2.04.